The van der Waals surface area contributed by atoms with E-state index in [1.807, 2.05) is 21.1 Å². The molecule has 0 aromatic rings. The molecule has 0 spiro atoms. The number of hydrogen-bond acceptors (Lipinski definition) is 6. The lowest BCUT2D eigenvalue weighted by Gasteiger charge is -2.30. The Hall–Kier alpha value is -0.500. The maximum Gasteiger partial charge on any atom is 0.268 e. The Morgan fingerprint density at radius 3 is 1.10 bits per heavy atom. The van der Waals surface area contributed by atoms with Gasteiger partial charge in [-0.25, -0.2) is 0 Å². The molecule has 1 amide bonds. The third kappa shape index (κ3) is 47.5. The number of quaternary nitrogens is 1. The number of likely N-dealkylation sites (N-methyl/N-ethyl adjacent to an activating group) is 1. The third-order valence-corrected chi connectivity index (χ3v) is 13.8. The number of carbonyl (C=O) groups is 1. The average molecular weight is 901 g/mol. The minimum atomic E-state index is -4.56. The van der Waals surface area contributed by atoms with Crippen LogP contribution < -0.4 is 10.2 Å². The Bertz CT molecular complexity index is 978. The first kappa shape index (κ1) is 61.5. The standard InChI is InChI=1S/C53H109N2O6P/c1-6-8-10-12-14-16-17-18-19-20-21-22-23-24-25-26-27-28-29-30-31-32-33-34-35-36-37-38-39-40-42-44-46-52(56)51(50-61-62(58,59)60-49-48-55(3,4)5)54-53(57)47-45-43-41-15-13-11-9-7-2/h51-52,56H,6-50H2,1-5H3,(H-,54,57,58,59). The summed E-state index contributed by atoms with van der Waals surface area (Å²) >= 11 is 0. The van der Waals surface area contributed by atoms with Crippen molar-refractivity contribution in [2.24, 2.45) is 0 Å². The molecule has 0 bridgehead atoms. The normalized spacial score (nSPS) is 14.0. The summed E-state index contributed by atoms with van der Waals surface area (Å²) < 4.78 is 23.3. The largest absolute Gasteiger partial charge is 0.756 e. The molecule has 0 aromatic carbocycles. The fourth-order valence-electron chi connectivity index (χ4n) is 8.51. The number of hydrogen-bond donors (Lipinski definition) is 2. The van der Waals surface area contributed by atoms with Crippen LogP contribution in [-0.2, 0) is 18.4 Å². The molecule has 0 aliphatic heterocycles. The highest BCUT2D eigenvalue weighted by Gasteiger charge is 2.24. The van der Waals surface area contributed by atoms with Gasteiger partial charge >= 0.3 is 0 Å². The van der Waals surface area contributed by atoms with Crippen molar-refractivity contribution in [1.29, 1.82) is 0 Å². The highest BCUT2D eigenvalue weighted by atomic mass is 31.2. The van der Waals surface area contributed by atoms with Gasteiger partial charge in [-0.2, -0.15) is 0 Å². The van der Waals surface area contributed by atoms with E-state index in [4.69, 9.17) is 9.05 Å². The van der Waals surface area contributed by atoms with Crippen LogP contribution in [0.25, 0.3) is 0 Å². The smallest absolute Gasteiger partial charge is 0.268 e. The SMILES string of the molecule is CCCCCCCCCCCCCCCCCCCCCCCCCCCCCCCCCCC(O)C(COP(=O)([O-])OCC[N+](C)(C)C)NC(=O)CCCCCCCCCC. The second kappa shape index (κ2) is 45.6. The lowest BCUT2D eigenvalue weighted by Crippen LogP contribution is -2.46. The van der Waals surface area contributed by atoms with Crippen molar-refractivity contribution in [1.82, 2.24) is 5.32 Å². The van der Waals surface area contributed by atoms with Crippen molar-refractivity contribution < 1.29 is 32.9 Å². The van der Waals surface area contributed by atoms with E-state index in [9.17, 15) is 19.4 Å². The number of phosphoric acid groups is 1. The van der Waals surface area contributed by atoms with E-state index in [-0.39, 0.29) is 19.1 Å². The molecule has 0 aliphatic rings. The van der Waals surface area contributed by atoms with E-state index < -0.39 is 20.0 Å². The molecule has 0 saturated carbocycles. The fraction of sp³-hybridized carbons (Fsp3) is 0.981. The summed E-state index contributed by atoms with van der Waals surface area (Å²) in [4.78, 5) is 25.3. The van der Waals surface area contributed by atoms with Crippen molar-refractivity contribution in [3.63, 3.8) is 0 Å². The molecule has 2 N–H and O–H groups in total. The van der Waals surface area contributed by atoms with E-state index in [0.717, 1.165) is 38.5 Å². The molecule has 0 heterocycles. The molecule has 3 atom stereocenters. The monoisotopic (exact) mass is 901 g/mol. The van der Waals surface area contributed by atoms with Crippen LogP contribution in [0.15, 0.2) is 0 Å². The van der Waals surface area contributed by atoms with Gasteiger partial charge in [-0.15, -0.1) is 0 Å². The fourth-order valence-corrected chi connectivity index (χ4v) is 9.24. The first-order chi connectivity index (χ1) is 30.0. The van der Waals surface area contributed by atoms with E-state index in [0.29, 0.717) is 23.9 Å². The first-order valence-corrected chi connectivity index (χ1v) is 28.8. The molecule has 0 aromatic heterocycles. The van der Waals surface area contributed by atoms with Crippen LogP contribution in [0.2, 0.25) is 0 Å². The summed E-state index contributed by atoms with van der Waals surface area (Å²) in [7, 11) is 1.32. The van der Waals surface area contributed by atoms with Gasteiger partial charge in [0.25, 0.3) is 7.82 Å². The number of amides is 1. The van der Waals surface area contributed by atoms with Crippen molar-refractivity contribution in [2.45, 2.75) is 296 Å². The van der Waals surface area contributed by atoms with Crippen LogP contribution in [0, 0.1) is 0 Å². The van der Waals surface area contributed by atoms with Crippen molar-refractivity contribution in [2.75, 3.05) is 40.9 Å². The summed E-state index contributed by atoms with van der Waals surface area (Å²) in [6, 6.07) is -0.792. The second-order valence-corrected chi connectivity index (χ2v) is 21.7. The lowest BCUT2D eigenvalue weighted by atomic mass is 10.0. The van der Waals surface area contributed by atoms with Crippen molar-refractivity contribution in [3.8, 4) is 0 Å². The number of aliphatic hydroxyl groups is 1. The molecule has 62 heavy (non-hydrogen) atoms. The maximum absolute atomic E-state index is 12.8. The van der Waals surface area contributed by atoms with Crippen molar-refractivity contribution >= 4 is 13.7 Å². The zero-order valence-electron chi connectivity index (χ0n) is 42.4. The zero-order chi connectivity index (χ0) is 45.7. The van der Waals surface area contributed by atoms with Crippen LogP contribution in [-0.4, -0.2) is 68.5 Å². The quantitative estimate of drug-likeness (QED) is 0.0358. The molecular weight excluding hydrogens is 792 g/mol. The molecule has 8 nitrogen and oxygen atoms in total. The number of rotatable bonds is 51. The molecule has 0 aliphatic carbocycles. The Balaban J connectivity index is 3.87. The Morgan fingerprint density at radius 1 is 0.500 bits per heavy atom. The van der Waals surface area contributed by atoms with E-state index >= 15 is 0 Å². The van der Waals surface area contributed by atoms with Crippen LogP contribution >= 0.6 is 7.82 Å². The van der Waals surface area contributed by atoms with Crippen LogP contribution in [0.4, 0.5) is 0 Å². The molecule has 0 fully saturated rings. The van der Waals surface area contributed by atoms with Crippen LogP contribution in [0.1, 0.15) is 284 Å². The van der Waals surface area contributed by atoms with Gasteiger partial charge in [0.2, 0.25) is 5.91 Å². The molecular formula is C53H109N2O6P. The number of nitrogens with one attached hydrogen (secondary N) is 1. The predicted molar refractivity (Wildman–Crippen MR) is 266 cm³/mol. The molecule has 3 unspecified atom stereocenters. The van der Waals surface area contributed by atoms with Gasteiger partial charge in [0.05, 0.1) is 39.9 Å². The highest BCUT2D eigenvalue weighted by molar-refractivity contribution is 7.45. The highest BCUT2D eigenvalue weighted by Crippen LogP contribution is 2.38. The van der Waals surface area contributed by atoms with Gasteiger partial charge in [0, 0.05) is 6.42 Å². The lowest BCUT2D eigenvalue weighted by molar-refractivity contribution is -0.870. The topological polar surface area (TPSA) is 108 Å². The van der Waals surface area contributed by atoms with E-state index in [2.05, 4.69) is 19.2 Å². The Labute approximate surface area is 387 Å². The van der Waals surface area contributed by atoms with E-state index in [1.165, 1.54) is 218 Å². The number of phosphoric ester groups is 1. The molecule has 0 saturated heterocycles. The van der Waals surface area contributed by atoms with Crippen LogP contribution in [0.3, 0.4) is 0 Å². The molecule has 9 heteroatoms. The number of aliphatic hydroxyl groups excluding tert-OH is 1. The average Bonchev–Trinajstić information content (AvgIpc) is 3.23. The van der Waals surface area contributed by atoms with Crippen molar-refractivity contribution in [3.05, 3.63) is 0 Å². The maximum atomic E-state index is 12.8. The zero-order valence-corrected chi connectivity index (χ0v) is 43.3. The minimum Gasteiger partial charge on any atom is -0.756 e. The number of nitrogens with zero attached hydrogens (tertiary/aromatic N) is 1. The summed E-state index contributed by atoms with van der Waals surface area (Å²) in [5.41, 5.74) is 0. The van der Waals surface area contributed by atoms with Crippen LogP contribution in [0.5, 0.6) is 0 Å². The van der Waals surface area contributed by atoms with Gasteiger partial charge in [0.1, 0.15) is 13.2 Å². The number of carbonyl (C=O) groups excluding carboxylic acids is 1. The van der Waals surface area contributed by atoms with Gasteiger partial charge < -0.3 is 28.8 Å². The van der Waals surface area contributed by atoms with Gasteiger partial charge in [-0.3, -0.25) is 9.36 Å². The summed E-state index contributed by atoms with van der Waals surface area (Å²) in [5.74, 6) is -0.165. The molecule has 0 radical (unpaired) electrons. The molecule has 372 valence electrons. The summed E-state index contributed by atoms with van der Waals surface area (Å²) in [6.07, 6.45) is 53.1. The Morgan fingerprint density at radius 2 is 0.790 bits per heavy atom. The third-order valence-electron chi connectivity index (χ3n) is 12.8. The van der Waals surface area contributed by atoms with Gasteiger partial charge in [0.15, 0.2) is 0 Å². The second-order valence-electron chi connectivity index (χ2n) is 20.3. The Kier molecular flexibility index (Phi) is 45.3. The number of unbranched alkanes of at least 4 members (excludes halogenated alkanes) is 38. The summed E-state index contributed by atoms with van der Waals surface area (Å²) in [6.45, 7) is 4.72. The van der Waals surface area contributed by atoms with Gasteiger partial charge in [-0.05, 0) is 12.8 Å². The van der Waals surface area contributed by atoms with Gasteiger partial charge in [-0.1, -0.05) is 264 Å². The first-order valence-electron chi connectivity index (χ1n) is 27.4. The molecule has 0 rings (SSSR count). The predicted octanol–water partition coefficient (Wildman–Crippen LogP) is 15.5. The van der Waals surface area contributed by atoms with E-state index in [1.54, 1.807) is 0 Å². The summed E-state index contributed by atoms with van der Waals surface area (Å²) in [5, 5.41) is 13.9. The minimum absolute atomic E-state index is 0.0159.